The Kier molecular flexibility index (Phi) is 95.1. The zero-order valence-corrected chi connectivity index (χ0v) is 80.5. The number of hydrogen-bond acceptors (Lipinski definition) is 43. The van der Waals surface area contributed by atoms with Gasteiger partial charge in [-0.25, -0.2) is 4.79 Å². The number of nitrogen functional groups attached to an aromatic ring is 1. The molecule has 3 heterocycles. The Morgan fingerprint density at radius 2 is 0.507 bits per heavy atom. The maximum absolute atomic E-state index is 12.8. The Labute approximate surface area is 792 Å². The first kappa shape index (κ1) is 124. The van der Waals surface area contributed by atoms with Gasteiger partial charge in [0.05, 0.1) is 488 Å². The molecule has 0 atom stereocenters. The van der Waals surface area contributed by atoms with Crippen molar-refractivity contribution in [2.75, 3.05) is 495 Å². The maximum atomic E-state index is 12.8. The van der Waals surface area contributed by atoms with E-state index < -0.39 is 0 Å². The molecule has 0 radical (unpaired) electrons. The second kappa shape index (κ2) is 103. The summed E-state index contributed by atoms with van der Waals surface area (Å²) < 4.78 is 201. The number of aromatic nitrogens is 5. The Morgan fingerprint density at radius 3 is 0.701 bits per heavy atom. The topological polar surface area (TPSA) is 458 Å². The largest absolute Gasteiger partial charge is 0.463 e. The molecule has 45 nitrogen and oxygen atoms in total. The minimum atomic E-state index is -0.335. The Bertz CT molecular complexity index is 2860. The first-order chi connectivity index (χ1) is 66.5. The van der Waals surface area contributed by atoms with Gasteiger partial charge < -0.3 is 186 Å². The predicted molar refractivity (Wildman–Crippen MR) is 488 cm³/mol. The lowest BCUT2D eigenvalue weighted by Gasteiger charge is -2.16. The van der Waals surface area contributed by atoms with Crippen molar-refractivity contribution < 1.29 is 176 Å². The number of nitrogens with one attached hydrogen (secondary N) is 1. The molecule has 0 unspecified atom stereocenters. The number of rotatable bonds is 115. The molecule has 134 heavy (non-hydrogen) atoms. The van der Waals surface area contributed by atoms with Crippen molar-refractivity contribution in [1.82, 2.24) is 29.4 Å². The highest BCUT2D eigenvalue weighted by molar-refractivity contribution is 5.82. The third kappa shape index (κ3) is 85.6. The third-order valence-electron chi connectivity index (χ3n) is 17.5. The van der Waals surface area contributed by atoms with E-state index in [0.29, 0.717) is 487 Å². The molecule has 0 saturated heterocycles. The number of aromatic amines is 1. The van der Waals surface area contributed by atoms with Crippen molar-refractivity contribution in [1.29, 1.82) is 0 Å². The van der Waals surface area contributed by atoms with E-state index in [2.05, 4.69) is 31.8 Å². The van der Waals surface area contributed by atoms with Crippen LogP contribution in [0.3, 0.4) is 0 Å². The fraction of sp³-hybridized carbons (Fsp3) is 0.888. The highest BCUT2D eigenvalue weighted by atomic mass is 16.6. The molecular formula is C89H167N7O38. The van der Waals surface area contributed by atoms with Crippen molar-refractivity contribution in [2.45, 2.75) is 32.9 Å². The lowest BCUT2D eigenvalue weighted by molar-refractivity contribution is -0.0327. The van der Waals surface area contributed by atoms with Crippen LogP contribution in [0.4, 0.5) is 5.82 Å². The monoisotopic (exact) mass is 1940 g/mol. The fourth-order valence-corrected chi connectivity index (χ4v) is 10.6. The molecular weight excluding hydrogens is 1770 g/mol. The van der Waals surface area contributed by atoms with Crippen molar-refractivity contribution in [3.05, 3.63) is 40.1 Å². The number of aliphatic hydroxyl groups excluding tert-OH is 1. The van der Waals surface area contributed by atoms with Gasteiger partial charge in [-0.2, -0.15) is 9.97 Å². The van der Waals surface area contributed by atoms with E-state index in [0.717, 1.165) is 30.6 Å². The van der Waals surface area contributed by atoms with Crippen LogP contribution in [0.15, 0.2) is 23.1 Å². The second-order valence-electron chi connectivity index (χ2n) is 28.4. The Morgan fingerprint density at radius 1 is 0.299 bits per heavy atom. The summed E-state index contributed by atoms with van der Waals surface area (Å²) in [4.78, 5) is 30.9. The minimum Gasteiger partial charge on any atom is -0.463 e. The van der Waals surface area contributed by atoms with Crippen LogP contribution in [-0.4, -0.2) is 524 Å². The number of imidazole rings is 1. The van der Waals surface area contributed by atoms with Crippen molar-refractivity contribution in [2.24, 2.45) is 0 Å². The summed E-state index contributed by atoms with van der Waals surface area (Å²) in [6.45, 7) is 37.4. The summed E-state index contributed by atoms with van der Waals surface area (Å²) in [5.74, 6) is 0.164. The number of H-pyrrole nitrogens is 1. The highest BCUT2D eigenvalue weighted by Crippen LogP contribution is 2.19. The SMILES string of the molecule is CCCCOc1nc(N)c2[nH]c(=O)n(Cc3ccc(CN(C)CCOCCOCCOCCOCCOCCOCCOCCOCCOCCOCCOCCOCCOCCOCCOCCOCCOCCOCCOCCOCCOCCOCCOCCOCCOCCOCCOCCOCCOCCOCCOCCOCCOCCOCCOCCO)nc3)c2n1. The summed E-state index contributed by atoms with van der Waals surface area (Å²) >= 11 is 0. The summed E-state index contributed by atoms with van der Waals surface area (Å²) in [6.07, 6.45) is 3.59. The molecule has 0 bridgehead atoms. The Balaban J connectivity index is 0.843. The quantitative estimate of drug-likeness (QED) is 0.0671. The summed E-state index contributed by atoms with van der Waals surface area (Å²) in [7, 11) is 2.01. The van der Waals surface area contributed by atoms with Gasteiger partial charge in [-0.1, -0.05) is 19.4 Å². The maximum Gasteiger partial charge on any atom is 0.328 e. The molecule has 0 aliphatic heterocycles. The van der Waals surface area contributed by atoms with Crippen molar-refractivity contribution in [3.63, 3.8) is 0 Å². The number of pyridine rings is 1. The number of likely N-dealkylation sites (N-methyl/N-ethyl adjacent to an activating group) is 1. The standard InChI is InChI=1S/C89H167N7O38/c1-3-4-9-134-88-93-86(90)85-87(94-88)96(89(98)92-85)81-83-5-6-84(91-80-83)82-95(2)7-10-99-12-14-101-16-18-103-20-22-105-24-26-107-28-30-109-32-34-111-36-38-113-40-42-115-44-46-117-48-50-119-52-54-121-56-58-123-60-62-125-64-66-127-68-70-129-72-74-131-76-78-133-79-77-132-75-73-130-71-69-128-67-65-126-63-61-124-59-57-122-55-53-120-51-49-118-47-45-116-43-41-114-39-37-112-35-33-110-31-29-108-27-25-106-23-21-104-19-17-102-15-13-100-11-8-97/h5-6,80,97H,3-4,7-79,81-82H2,1-2H3,(H,92,98)(H2,90,93,94). The van der Waals surface area contributed by atoms with Gasteiger partial charge >= 0.3 is 11.7 Å². The smallest absolute Gasteiger partial charge is 0.328 e. The fourth-order valence-electron chi connectivity index (χ4n) is 10.6. The number of ether oxygens (including phenoxy) is 36. The van der Waals surface area contributed by atoms with Crippen LogP contribution in [0.25, 0.3) is 11.2 Å². The van der Waals surface area contributed by atoms with Gasteiger partial charge in [0, 0.05) is 19.3 Å². The third-order valence-corrected chi connectivity index (χ3v) is 17.5. The molecule has 45 heteroatoms. The molecule has 0 amide bonds. The second-order valence-corrected chi connectivity index (χ2v) is 28.4. The van der Waals surface area contributed by atoms with Gasteiger partial charge in [0.15, 0.2) is 11.5 Å². The average molecular weight is 1940 g/mol. The number of anilines is 1. The van der Waals surface area contributed by atoms with E-state index in [1.807, 2.05) is 19.2 Å². The van der Waals surface area contributed by atoms with E-state index in [-0.39, 0.29) is 30.7 Å². The van der Waals surface area contributed by atoms with E-state index in [1.54, 1.807) is 6.20 Å². The van der Waals surface area contributed by atoms with Crippen LogP contribution in [0.1, 0.15) is 31.0 Å². The van der Waals surface area contributed by atoms with E-state index in [4.69, 9.17) is 181 Å². The average Bonchev–Trinajstić information content (AvgIpc) is 1.63. The minimum absolute atomic E-state index is 0.0142. The molecule has 0 aliphatic carbocycles. The van der Waals surface area contributed by atoms with Crippen LogP contribution in [0.5, 0.6) is 6.01 Å². The zero-order valence-electron chi connectivity index (χ0n) is 80.5. The van der Waals surface area contributed by atoms with Crippen LogP contribution in [0, 0.1) is 0 Å². The highest BCUT2D eigenvalue weighted by Gasteiger charge is 2.17. The molecule has 3 aromatic heterocycles. The zero-order chi connectivity index (χ0) is 95.0. The van der Waals surface area contributed by atoms with Crippen molar-refractivity contribution in [3.8, 4) is 6.01 Å². The van der Waals surface area contributed by atoms with Gasteiger partial charge in [-0.15, -0.1) is 0 Å². The lowest BCUT2D eigenvalue weighted by atomic mass is 10.2. The molecule has 786 valence electrons. The Hall–Kier alpha value is -4.38. The van der Waals surface area contributed by atoms with Crippen molar-refractivity contribution >= 4 is 17.0 Å². The molecule has 0 aliphatic rings. The molecule has 0 fully saturated rings. The normalized spacial score (nSPS) is 11.9. The number of fused-ring (bicyclic) bond motifs is 1. The number of nitrogens with two attached hydrogens (primary N) is 1. The van der Waals surface area contributed by atoms with Gasteiger partial charge in [0.2, 0.25) is 0 Å². The molecule has 3 aromatic rings. The molecule has 0 saturated carbocycles. The van der Waals surface area contributed by atoms with Gasteiger partial charge in [0.25, 0.3) is 0 Å². The van der Waals surface area contributed by atoms with Crippen LogP contribution < -0.4 is 16.2 Å². The molecule has 4 N–H and O–H groups in total. The van der Waals surface area contributed by atoms with Crippen LogP contribution >= 0.6 is 0 Å². The number of nitrogens with zero attached hydrogens (tertiary/aromatic N) is 5. The first-order valence-electron chi connectivity index (χ1n) is 47.3. The first-order valence-corrected chi connectivity index (χ1v) is 47.3. The van der Waals surface area contributed by atoms with Crippen LogP contribution in [-0.2, 0) is 179 Å². The van der Waals surface area contributed by atoms with E-state index in [9.17, 15) is 4.79 Å². The van der Waals surface area contributed by atoms with Gasteiger partial charge in [-0.3, -0.25) is 14.5 Å². The lowest BCUT2D eigenvalue weighted by Crippen LogP contribution is -2.24. The van der Waals surface area contributed by atoms with Gasteiger partial charge in [-0.05, 0) is 25.1 Å². The molecule has 0 spiro atoms. The summed E-state index contributed by atoms with van der Waals surface area (Å²) in [5.41, 5.74) is 8.27. The summed E-state index contributed by atoms with van der Waals surface area (Å²) in [5, 5.41) is 8.63. The van der Waals surface area contributed by atoms with Crippen LogP contribution in [0.2, 0.25) is 0 Å². The van der Waals surface area contributed by atoms with Gasteiger partial charge in [0.1, 0.15) is 5.52 Å². The number of unbranched alkanes of at least 4 members (excludes halogenated alkanes) is 1. The molecule has 0 aromatic carbocycles. The number of hydrogen-bond donors (Lipinski definition) is 3. The van der Waals surface area contributed by atoms with E-state index in [1.165, 1.54) is 4.57 Å². The summed E-state index contributed by atoms with van der Waals surface area (Å²) in [6, 6.07) is 4.05. The molecule has 3 rings (SSSR count). The predicted octanol–water partition coefficient (Wildman–Crippen LogP) is 1.33. The number of aliphatic hydroxyl groups is 1. The van der Waals surface area contributed by atoms with E-state index >= 15 is 0 Å².